The maximum Gasteiger partial charge on any atom is 0.101 e. The molecular weight excluding hydrogens is 318 g/mol. The molecule has 2 aromatic rings. The van der Waals surface area contributed by atoms with Crippen LogP contribution in [-0.4, -0.2) is 19.9 Å². The number of pyridine rings is 1. The Morgan fingerprint density at radius 3 is 2.72 bits per heavy atom. The largest absolute Gasteiger partial charge is 0.386 e. The lowest BCUT2D eigenvalue weighted by molar-refractivity contribution is 0.171. The van der Waals surface area contributed by atoms with Crippen molar-refractivity contribution in [1.29, 1.82) is 0 Å². The average Bonchev–Trinajstić information content (AvgIpc) is 2.57. The van der Waals surface area contributed by atoms with Gasteiger partial charge in [0.25, 0.3) is 0 Å². The summed E-state index contributed by atoms with van der Waals surface area (Å²) in [7, 11) is 1.82. The van der Waals surface area contributed by atoms with Gasteiger partial charge in [-0.05, 0) is 35.0 Å². The molecule has 0 aromatic carbocycles. The van der Waals surface area contributed by atoms with Crippen molar-refractivity contribution in [1.82, 2.24) is 14.8 Å². The van der Waals surface area contributed by atoms with E-state index in [1.807, 2.05) is 20.0 Å². The summed E-state index contributed by atoms with van der Waals surface area (Å²) >= 11 is 9.46. The molecule has 0 fully saturated rings. The standard InChI is InChI=1S/C12H13BrClN3O/c1-7-12(14)10(17(2)16-7)5-11(18)9-4-3-8(13)6-15-9/h3-4,6,11,18H,5H2,1-2H3. The van der Waals surface area contributed by atoms with Crippen LogP contribution in [0, 0.1) is 6.92 Å². The zero-order valence-electron chi connectivity index (χ0n) is 10.1. The first-order valence-electron chi connectivity index (χ1n) is 5.46. The Morgan fingerprint density at radius 2 is 2.22 bits per heavy atom. The molecule has 4 nitrogen and oxygen atoms in total. The second-order valence-corrected chi connectivity index (χ2v) is 5.38. The number of hydrogen-bond donors (Lipinski definition) is 1. The highest BCUT2D eigenvalue weighted by atomic mass is 79.9. The zero-order valence-corrected chi connectivity index (χ0v) is 12.4. The van der Waals surface area contributed by atoms with Gasteiger partial charge < -0.3 is 5.11 Å². The maximum absolute atomic E-state index is 10.1. The molecule has 0 amide bonds. The summed E-state index contributed by atoms with van der Waals surface area (Å²) < 4.78 is 2.58. The predicted molar refractivity (Wildman–Crippen MR) is 73.6 cm³/mol. The van der Waals surface area contributed by atoms with E-state index in [4.69, 9.17) is 11.6 Å². The summed E-state index contributed by atoms with van der Waals surface area (Å²) in [5, 5.41) is 15.0. The van der Waals surface area contributed by atoms with Gasteiger partial charge in [-0.2, -0.15) is 5.10 Å². The van der Waals surface area contributed by atoms with Crippen LogP contribution in [0.5, 0.6) is 0 Å². The number of hydrogen-bond acceptors (Lipinski definition) is 3. The van der Waals surface area contributed by atoms with Gasteiger partial charge >= 0.3 is 0 Å². The van der Waals surface area contributed by atoms with Crippen LogP contribution in [0.4, 0.5) is 0 Å². The van der Waals surface area contributed by atoms with Crippen LogP contribution >= 0.6 is 27.5 Å². The number of halogens is 2. The molecule has 2 rings (SSSR count). The number of aryl methyl sites for hydroxylation is 2. The highest BCUT2D eigenvalue weighted by molar-refractivity contribution is 9.10. The van der Waals surface area contributed by atoms with Crippen molar-refractivity contribution in [2.45, 2.75) is 19.4 Å². The van der Waals surface area contributed by atoms with E-state index in [2.05, 4.69) is 26.0 Å². The second kappa shape index (κ2) is 5.38. The van der Waals surface area contributed by atoms with Crippen LogP contribution in [-0.2, 0) is 13.5 Å². The fourth-order valence-corrected chi connectivity index (χ4v) is 2.25. The zero-order chi connectivity index (χ0) is 13.3. The van der Waals surface area contributed by atoms with Gasteiger partial charge in [-0.25, -0.2) is 0 Å². The third kappa shape index (κ3) is 2.74. The molecule has 0 spiro atoms. The Balaban J connectivity index is 2.21. The molecule has 6 heteroatoms. The molecule has 18 heavy (non-hydrogen) atoms. The fourth-order valence-electron chi connectivity index (χ4n) is 1.77. The molecule has 0 aliphatic carbocycles. The topological polar surface area (TPSA) is 50.9 Å². The van der Waals surface area contributed by atoms with Gasteiger partial charge in [-0.15, -0.1) is 0 Å². The van der Waals surface area contributed by atoms with Crippen LogP contribution < -0.4 is 0 Å². The smallest absolute Gasteiger partial charge is 0.101 e. The van der Waals surface area contributed by atoms with Crippen LogP contribution in [0.2, 0.25) is 5.02 Å². The molecule has 0 aliphatic rings. The highest BCUT2D eigenvalue weighted by Crippen LogP contribution is 2.25. The van der Waals surface area contributed by atoms with E-state index >= 15 is 0 Å². The van der Waals surface area contributed by atoms with Crippen LogP contribution in [0.15, 0.2) is 22.8 Å². The Kier molecular flexibility index (Phi) is 4.04. The number of nitrogens with zero attached hydrogens (tertiary/aromatic N) is 3. The van der Waals surface area contributed by atoms with Crippen molar-refractivity contribution in [2.24, 2.45) is 7.05 Å². The number of aliphatic hydroxyl groups excluding tert-OH is 1. The Labute approximate surface area is 119 Å². The maximum atomic E-state index is 10.1. The quantitative estimate of drug-likeness (QED) is 0.941. The molecule has 0 saturated carbocycles. The number of aromatic nitrogens is 3. The van der Waals surface area contributed by atoms with E-state index in [-0.39, 0.29) is 0 Å². The lowest BCUT2D eigenvalue weighted by atomic mass is 10.1. The molecular formula is C12H13BrClN3O. The molecule has 0 radical (unpaired) electrons. The van der Waals surface area contributed by atoms with Crippen molar-refractivity contribution in [3.8, 4) is 0 Å². The second-order valence-electron chi connectivity index (χ2n) is 4.09. The van der Waals surface area contributed by atoms with Gasteiger partial charge in [0.1, 0.15) is 6.10 Å². The van der Waals surface area contributed by atoms with E-state index in [0.29, 0.717) is 17.1 Å². The number of rotatable bonds is 3. The van der Waals surface area contributed by atoms with E-state index in [9.17, 15) is 5.11 Å². The highest BCUT2D eigenvalue weighted by Gasteiger charge is 2.17. The van der Waals surface area contributed by atoms with Gasteiger partial charge in [0.15, 0.2) is 0 Å². The van der Waals surface area contributed by atoms with Crippen molar-refractivity contribution < 1.29 is 5.11 Å². The van der Waals surface area contributed by atoms with Gasteiger partial charge in [0.2, 0.25) is 0 Å². The molecule has 2 heterocycles. The molecule has 2 aromatic heterocycles. The lowest BCUT2D eigenvalue weighted by Crippen LogP contribution is -2.08. The summed E-state index contributed by atoms with van der Waals surface area (Å²) in [6.07, 6.45) is 1.37. The minimum absolute atomic E-state index is 0.394. The monoisotopic (exact) mass is 329 g/mol. The molecule has 0 bridgehead atoms. The van der Waals surface area contributed by atoms with Crippen LogP contribution in [0.25, 0.3) is 0 Å². The van der Waals surface area contributed by atoms with Crippen molar-refractivity contribution >= 4 is 27.5 Å². The average molecular weight is 331 g/mol. The van der Waals surface area contributed by atoms with Crippen LogP contribution in [0.1, 0.15) is 23.2 Å². The third-order valence-electron chi connectivity index (χ3n) is 2.74. The van der Waals surface area contributed by atoms with E-state index in [0.717, 1.165) is 15.9 Å². The fraction of sp³-hybridized carbons (Fsp3) is 0.333. The van der Waals surface area contributed by atoms with E-state index < -0.39 is 6.10 Å². The first-order chi connectivity index (χ1) is 8.49. The summed E-state index contributed by atoms with van der Waals surface area (Å²) in [6, 6.07) is 3.63. The van der Waals surface area contributed by atoms with Crippen molar-refractivity contribution in [3.05, 3.63) is 44.9 Å². The lowest BCUT2D eigenvalue weighted by Gasteiger charge is -2.10. The van der Waals surface area contributed by atoms with Crippen molar-refractivity contribution in [3.63, 3.8) is 0 Å². The predicted octanol–water partition coefficient (Wildman–Crippen LogP) is 2.82. The van der Waals surface area contributed by atoms with Crippen LogP contribution in [0.3, 0.4) is 0 Å². The molecule has 1 unspecified atom stereocenters. The Morgan fingerprint density at radius 1 is 1.50 bits per heavy atom. The Bertz CT molecular complexity index is 553. The van der Waals surface area contributed by atoms with Gasteiger partial charge in [-0.1, -0.05) is 11.6 Å². The molecule has 0 aliphatic heterocycles. The minimum Gasteiger partial charge on any atom is -0.386 e. The summed E-state index contributed by atoms with van der Waals surface area (Å²) in [5.41, 5.74) is 2.20. The first kappa shape index (κ1) is 13.5. The van der Waals surface area contributed by atoms with Crippen molar-refractivity contribution in [2.75, 3.05) is 0 Å². The van der Waals surface area contributed by atoms with E-state index in [1.165, 1.54) is 0 Å². The molecule has 0 saturated heterocycles. The van der Waals surface area contributed by atoms with Gasteiger partial charge in [-0.3, -0.25) is 9.67 Å². The normalized spacial score (nSPS) is 12.7. The third-order valence-corrected chi connectivity index (χ3v) is 3.70. The number of aliphatic hydroxyl groups is 1. The summed E-state index contributed by atoms with van der Waals surface area (Å²) in [5.74, 6) is 0. The molecule has 1 atom stereocenters. The van der Waals surface area contributed by atoms with Gasteiger partial charge in [0.05, 0.1) is 22.1 Å². The molecule has 96 valence electrons. The SMILES string of the molecule is Cc1nn(C)c(CC(O)c2ccc(Br)cn2)c1Cl. The van der Waals surface area contributed by atoms with E-state index in [1.54, 1.807) is 16.9 Å². The minimum atomic E-state index is -0.689. The summed E-state index contributed by atoms with van der Waals surface area (Å²) in [6.45, 7) is 1.84. The Hall–Kier alpha value is -0.910. The molecule has 1 N–H and O–H groups in total. The first-order valence-corrected chi connectivity index (χ1v) is 6.63. The summed E-state index contributed by atoms with van der Waals surface area (Å²) in [4.78, 5) is 4.17. The van der Waals surface area contributed by atoms with Gasteiger partial charge in [0, 0.05) is 24.1 Å².